The number of hydrogen-bond acceptors (Lipinski definition) is 4. The molecule has 0 saturated carbocycles. The van der Waals surface area contributed by atoms with Crippen LogP contribution >= 0.6 is 0 Å². The Hall–Kier alpha value is -2.38. The molecule has 0 aromatic heterocycles. The highest BCUT2D eigenvalue weighted by molar-refractivity contribution is 7.88. The van der Waals surface area contributed by atoms with Crippen LogP contribution in [0.1, 0.15) is 30.9 Å². The second kappa shape index (κ2) is 9.89. The monoisotopic (exact) mass is 416 g/mol. The summed E-state index contributed by atoms with van der Waals surface area (Å²) in [5.41, 5.74) is 1.78. The van der Waals surface area contributed by atoms with Gasteiger partial charge in [-0.2, -0.15) is 0 Å². The minimum atomic E-state index is -3.36. The van der Waals surface area contributed by atoms with E-state index in [1.807, 2.05) is 61.5 Å². The average Bonchev–Trinajstić information content (AvgIpc) is 2.74. The second-order valence-corrected chi connectivity index (χ2v) is 9.18. The van der Waals surface area contributed by atoms with Crippen LogP contribution in [0, 0.1) is 5.92 Å². The largest absolute Gasteiger partial charge is 0.494 e. The first-order valence-electron chi connectivity index (χ1n) is 9.99. The van der Waals surface area contributed by atoms with Gasteiger partial charge >= 0.3 is 0 Å². The van der Waals surface area contributed by atoms with Crippen molar-refractivity contribution in [1.29, 1.82) is 0 Å². The molecular weight excluding hydrogens is 388 g/mol. The summed E-state index contributed by atoms with van der Waals surface area (Å²) in [5, 5.41) is 2.97. The fourth-order valence-electron chi connectivity index (χ4n) is 3.48. The Kier molecular flexibility index (Phi) is 7.28. The van der Waals surface area contributed by atoms with Crippen molar-refractivity contribution in [2.75, 3.05) is 19.7 Å². The van der Waals surface area contributed by atoms with Crippen molar-refractivity contribution in [3.05, 3.63) is 65.7 Å². The molecule has 0 unspecified atom stereocenters. The first-order valence-corrected chi connectivity index (χ1v) is 11.6. The lowest BCUT2D eigenvalue weighted by Gasteiger charge is -2.30. The fourth-order valence-corrected chi connectivity index (χ4v) is 5.04. The van der Waals surface area contributed by atoms with Gasteiger partial charge in [-0.25, -0.2) is 12.7 Å². The van der Waals surface area contributed by atoms with Crippen molar-refractivity contribution in [2.45, 2.75) is 32.1 Å². The zero-order chi connectivity index (χ0) is 20.7. The molecular formula is C22H28N2O4S. The fraction of sp³-hybridized carbons (Fsp3) is 0.409. The quantitative estimate of drug-likeness (QED) is 0.718. The molecule has 0 spiro atoms. The Balaban J connectivity index is 1.46. The smallest absolute Gasteiger partial charge is 0.223 e. The summed E-state index contributed by atoms with van der Waals surface area (Å²) < 4.78 is 32.2. The number of nitrogens with zero attached hydrogens (tertiary/aromatic N) is 1. The van der Waals surface area contributed by atoms with E-state index in [1.165, 1.54) is 4.31 Å². The summed E-state index contributed by atoms with van der Waals surface area (Å²) in [5.74, 6) is 0.647. The summed E-state index contributed by atoms with van der Waals surface area (Å²) >= 11 is 0. The van der Waals surface area contributed by atoms with Gasteiger partial charge in [-0.3, -0.25) is 4.79 Å². The Morgan fingerprint density at radius 1 is 1.03 bits per heavy atom. The van der Waals surface area contributed by atoms with Gasteiger partial charge in [-0.05, 0) is 43.0 Å². The molecule has 3 rings (SSSR count). The molecule has 156 valence electrons. The highest BCUT2D eigenvalue weighted by Gasteiger charge is 2.31. The maximum atomic E-state index is 12.6. The minimum Gasteiger partial charge on any atom is -0.494 e. The normalized spacial score (nSPS) is 15.8. The molecule has 0 radical (unpaired) electrons. The summed E-state index contributed by atoms with van der Waals surface area (Å²) in [4.78, 5) is 12.5. The average molecular weight is 417 g/mol. The molecule has 1 fully saturated rings. The number of carbonyl (C=O) groups excluding carboxylic acids is 1. The summed E-state index contributed by atoms with van der Waals surface area (Å²) in [7, 11) is -3.36. The maximum absolute atomic E-state index is 12.6. The van der Waals surface area contributed by atoms with Crippen LogP contribution in [0.5, 0.6) is 5.75 Å². The van der Waals surface area contributed by atoms with Crippen molar-refractivity contribution in [3.63, 3.8) is 0 Å². The molecule has 1 N–H and O–H groups in total. The van der Waals surface area contributed by atoms with E-state index in [9.17, 15) is 13.2 Å². The molecule has 0 aliphatic carbocycles. The number of sulfonamides is 1. The zero-order valence-corrected chi connectivity index (χ0v) is 17.5. The number of rotatable bonds is 8. The van der Waals surface area contributed by atoms with Crippen LogP contribution in [0.3, 0.4) is 0 Å². The van der Waals surface area contributed by atoms with Gasteiger partial charge in [-0.15, -0.1) is 0 Å². The lowest BCUT2D eigenvalue weighted by molar-refractivity contribution is -0.126. The van der Waals surface area contributed by atoms with Crippen molar-refractivity contribution >= 4 is 15.9 Å². The maximum Gasteiger partial charge on any atom is 0.223 e. The van der Waals surface area contributed by atoms with Crippen LogP contribution in [-0.2, 0) is 27.1 Å². The SMILES string of the molecule is CCOc1ccc(CNC(=O)C2CCN(S(=O)(=O)Cc3ccccc3)CC2)cc1. The van der Waals surface area contributed by atoms with Crippen LogP contribution < -0.4 is 10.1 Å². The highest BCUT2D eigenvalue weighted by atomic mass is 32.2. The van der Waals surface area contributed by atoms with Crippen molar-refractivity contribution in [1.82, 2.24) is 9.62 Å². The minimum absolute atomic E-state index is 0.00242. The van der Waals surface area contributed by atoms with Crippen LogP contribution in [-0.4, -0.2) is 38.3 Å². The van der Waals surface area contributed by atoms with Crippen LogP contribution in [0.25, 0.3) is 0 Å². The van der Waals surface area contributed by atoms with Gasteiger partial charge in [0.25, 0.3) is 0 Å². The summed E-state index contributed by atoms with van der Waals surface area (Å²) in [6, 6.07) is 16.8. The summed E-state index contributed by atoms with van der Waals surface area (Å²) in [6.45, 7) is 3.78. The third kappa shape index (κ3) is 6.05. The van der Waals surface area contributed by atoms with E-state index in [0.29, 0.717) is 39.1 Å². The van der Waals surface area contributed by atoms with Gasteiger partial charge in [0, 0.05) is 25.6 Å². The van der Waals surface area contributed by atoms with Gasteiger partial charge in [0.2, 0.25) is 15.9 Å². The number of piperidine rings is 1. The molecule has 1 saturated heterocycles. The van der Waals surface area contributed by atoms with E-state index in [1.54, 1.807) is 0 Å². The Morgan fingerprint density at radius 3 is 2.31 bits per heavy atom. The number of amides is 1. The van der Waals surface area contributed by atoms with E-state index in [4.69, 9.17) is 4.74 Å². The number of nitrogens with one attached hydrogen (secondary N) is 1. The molecule has 1 amide bonds. The van der Waals surface area contributed by atoms with E-state index in [2.05, 4.69) is 5.32 Å². The lowest BCUT2D eigenvalue weighted by Crippen LogP contribution is -2.43. The third-order valence-electron chi connectivity index (χ3n) is 5.11. The second-order valence-electron chi connectivity index (χ2n) is 7.21. The molecule has 0 atom stereocenters. The van der Waals surface area contributed by atoms with E-state index in [0.717, 1.165) is 16.9 Å². The van der Waals surface area contributed by atoms with Crippen LogP contribution in [0.2, 0.25) is 0 Å². The zero-order valence-electron chi connectivity index (χ0n) is 16.7. The number of carbonyl (C=O) groups is 1. The lowest BCUT2D eigenvalue weighted by atomic mass is 9.97. The predicted octanol–water partition coefficient (Wildman–Crippen LogP) is 2.94. The standard InChI is InChI=1S/C22H28N2O4S/c1-2-28-21-10-8-18(9-11-21)16-23-22(25)20-12-14-24(15-13-20)29(26,27)17-19-6-4-3-5-7-19/h3-11,20H,2,12-17H2,1H3,(H,23,25). The molecule has 2 aromatic rings. The number of ether oxygens (including phenoxy) is 1. The van der Waals surface area contributed by atoms with Gasteiger partial charge in [0.1, 0.15) is 5.75 Å². The van der Waals surface area contributed by atoms with E-state index >= 15 is 0 Å². The third-order valence-corrected chi connectivity index (χ3v) is 6.96. The van der Waals surface area contributed by atoms with Gasteiger partial charge in [-0.1, -0.05) is 42.5 Å². The van der Waals surface area contributed by atoms with E-state index in [-0.39, 0.29) is 17.6 Å². The summed E-state index contributed by atoms with van der Waals surface area (Å²) in [6.07, 6.45) is 1.09. The van der Waals surface area contributed by atoms with Crippen LogP contribution in [0.4, 0.5) is 0 Å². The molecule has 0 bridgehead atoms. The molecule has 1 heterocycles. The molecule has 2 aromatic carbocycles. The molecule has 29 heavy (non-hydrogen) atoms. The van der Waals surface area contributed by atoms with Crippen molar-refractivity contribution in [2.24, 2.45) is 5.92 Å². The Labute approximate surface area is 172 Å². The topological polar surface area (TPSA) is 75.7 Å². The molecule has 1 aliphatic rings. The predicted molar refractivity (Wildman–Crippen MR) is 113 cm³/mol. The van der Waals surface area contributed by atoms with Crippen LogP contribution in [0.15, 0.2) is 54.6 Å². The molecule has 7 heteroatoms. The van der Waals surface area contributed by atoms with E-state index < -0.39 is 10.0 Å². The van der Waals surface area contributed by atoms with Crippen molar-refractivity contribution in [3.8, 4) is 5.75 Å². The number of benzene rings is 2. The van der Waals surface area contributed by atoms with Gasteiger partial charge in [0.05, 0.1) is 12.4 Å². The van der Waals surface area contributed by atoms with Crippen molar-refractivity contribution < 1.29 is 17.9 Å². The molecule has 1 aliphatic heterocycles. The first kappa shape index (κ1) is 21.3. The first-order chi connectivity index (χ1) is 14.0. The van der Waals surface area contributed by atoms with Gasteiger partial charge in [0.15, 0.2) is 0 Å². The molecule has 6 nitrogen and oxygen atoms in total. The Bertz CT molecular complexity index is 890. The highest BCUT2D eigenvalue weighted by Crippen LogP contribution is 2.22. The van der Waals surface area contributed by atoms with Gasteiger partial charge < -0.3 is 10.1 Å². The number of hydrogen-bond donors (Lipinski definition) is 1. The Morgan fingerprint density at radius 2 is 1.69 bits per heavy atom.